The van der Waals surface area contributed by atoms with Crippen molar-refractivity contribution in [2.75, 3.05) is 26.6 Å². The van der Waals surface area contributed by atoms with Crippen LogP contribution in [0.5, 0.6) is 17.2 Å². The van der Waals surface area contributed by atoms with E-state index in [-0.39, 0.29) is 5.91 Å². The molecule has 1 amide bonds. The van der Waals surface area contributed by atoms with Crippen molar-refractivity contribution < 1.29 is 19.0 Å². The van der Waals surface area contributed by atoms with Crippen molar-refractivity contribution >= 4 is 11.7 Å². The number of aryl methyl sites for hydroxylation is 1. The molecule has 0 radical (unpaired) electrons. The highest BCUT2D eigenvalue weighted by atomic mass is 16.5. The Kier molecular flexibility index (Phi) is 5.30. The van der Waals surface area contributed by atoms with Crippen LogP contribution in [0.15, 0.2) is 48.7 Å². The van der Waals surface area contributed by atoms with Gasteiger partial charge in [-0.3, -0.25) is 4.79 Å². The van der Waals surface area contributed by atoms with Crippen molar-refractivity contribution in [1.29, 1.82) is 0 Å². The van der Waals surface area contributed by atoms with Gasteiger partial charge in [-0.2, -0.15) is 5.10 Å². The smallest absolute Gasteiger partial charge is 0.257 e. The number of amides is 1. The molecule has 7 heteroatoms. The number of carbonyl (C=O) groups excluding carboxylic acids is 1. The molecule has 0 saturated heterocycles. The van der Waals surface area contributed by atoms with Gasteiger partial charge in [0.2, 0.25) is 5.75 Å². The number of nitrogens with one attached hydrogen (secondary N) is 1. The molecule has 0 spiro atoms. The van der Waals surface area contributed by atoms with Gasteiger partial charge in [0, 0.05) is 11.1 Å². The number of nitrogens with zero attached hydrogens (tertiary/aromatic N) is 2. The summed E-state index contributed by atoms with van der Waals surface area (Å²) in [4.78, 5) is 12.9. The molecule has 2 aromatic carbocycles. The standard InChI is InChI=1S/C20H21N3O4/c1-13-12-21-23(15-8-6-5-7-9-15)19(13)22-20(24)14-10-16(25-2)18(27-4)17(11-14)26-3/h5-12H,1-4H3,(H,22,24). The Labute approximate surface area is 157 Å². The van der Waals surface area contributed by atoms with E-state index in [4.69, 9.17) is 14.2 Å². The maximum Gasteiger partial charge on any atom is 0.257 e. The van der Waals surface area contributed by atoms with Crippen LogP contribution < -0.4 is 19.5 Å². The Hall–Kier alpha value is -3.48. The molecule has 0 fully saturated rings. The first-order valence-corrected chi connectivity index (χ1v) is 8.30. The summed E-state index contributed by atoms with van der Waals surface area (Å²) in [5.74, 6) is 1.54. The topological polar surface area (TPSA) is 74.6 Å². The van der Waals surface area contributed by atoms with Crippen LogP contribution in [0.1, 0.15) is 15.9 Å². The number of ether oxygens (including phenoxy) is 3. The number of hydrogen-bond acceptors (Lipinski definition) is 5. The molecule has 140 valence electrons. The summed E-state index contributed by atoms with van der Waals surface area (Å²) in [5, 5.41) is 7.28. The zero-order valence-electron chi connectivity index (χ0n) is 15.6. The summed E-state index contributed by atoms with van der Waals surface area (Å²) in [6, 6.07) is 12.8. The molecular weight excluding hydrogens is 346 g/mol. The highest BCUT2D eigenvalue weighted by Crippen LogP contribution is 2.38. The number of aromatic nitrogens is 2. The normalized spacial score (nSPS) is 10.4. The Morgan fingerprint density at radius 3 is 2.19 bits per heavy atom. The molecule has 0 aliphatic heterocycles. The molecule has 0 bridgehead atoms. The molecule has 0 aliphatic carbocycles. The summed E-state index contributed by atoms with van der Waals surface area (Å²) in [6.07, 6.45) is 1.71. The van der Waals surface area contributed by atoms with Crippen LogP contribution in [0.2, 0.25) is 0 Å². The molecule has 0 unspecified atom stereocenters. The second-order valence-corrected chi connectivity index (χ2v) is 5.79. The average molecular weight is 367 g/mol. The van der Waals surface area contributed by atoms with Crippen LogP contribution in [0.25, 0.3) is 5.69 Å². The van der Waals surface area contributed by atoms with Crippen molar-refractivity contribution in [1.82, 2.24) is 9.78 Å². The van der Waals surface area contributed by atoms with Gasteiger partial charge >= 0.3 is 0 Å². The first-order valence-electron chi connectivity index (χ1n) is 8.30. The summed E-state index contributed by atoms with van der Waals surface area (Å²) in [5.41, 5.74) is 2.08. The summed E-state index contributed by atoms with van der Waals surface area (Å²) in [6.45, 7) is 1.89. The maximum atomic E-state index is 12.9. The number of rotatable bonds is 6. The number of benzene rings is 2. The number of hydrogen-bond donors (Lipinski definition) is 1. The second-order valence-electron chi connectivity index (χ2n) is 5.79. The molecular formula is C20H21N3O4. The van der Waals surface area contributed by atoms with E-state index >= 15 is 0 Å². The third-order valence-electron chi connectivity index (χ3n) is 4.11. The Bertz CT molecular complexity index is 926. The lowest BCUT2D eigenvalue weighted by molar-refractivity contribution is 0.102. The monoisotopic (exact) mass is 367 g/mol. The van der Waals surface area contributed by atoms with Crippen LogP contribution >= 0.6 is 0 Å². The minimum absolute atomic E-state index is 0.310. The van der Waals surface area contributed by atoms with E-state index in [9.17, 15) is 4.79 Å². The molecule has 0 saturated carbocycles. The van der Waals surface area contributed by atoms with Crippen LogP contribution in [0.3, 0.4) is 0 Å². The number of para-hydroxylation sites is 1. The van der Waals surface area contributed by atoms with E-state index in [0.29, 0.717) is 28.6 Å². The van der Waals surface area contributed by atoms with Gasteiger partial charge in [0.1, 0.15) is 5.82 Å². The van der Waals surface area contributed by atoms with Gasteiger partial charge in [-0.05, 0) is 31.2 Å². The molecule has 7 nitrogen and oxygen atoms in total. The van der Waals surface area contributed by atoms with Gasteiger partial charge in [-0.15, -0.1) is 0 Å². The largest absolute Gasteiger partial charge is 0.493 e. The molecule has 0 atom stereocenters. The van der Waals surface area contributed by atoms with E-state index in [1.54, 1.807) is 23.0 Å². The van der Waals surface area contributed by atoms with E-state index < -0.39 is 0 Å². The number of methoxy groups -OCH3 is 3. The highest BCUT2D eigenvalue weighted by molar-refractivity contribution is 6.05. The van der Waals surface area contributed by atoms with Crippen molar-refractivity contribution in [2.24, 2.45) is 0 Å². The minimum atomic E-state index is -0.310. The molecule has 3 aromatic rings. The maximum absolute atomic E-state index is 12.9. The molecule has 0 aliphatic rings. The van der Waals surface area contributed by atoms with Crippen LogP contribution in [-0.2, 0) is 0 Å². The molecule has 3 rings (SSSR count). The third-order valence-corrected chi connectivity index (χ3v) is 4.11. The number of carbonyl (C=O) groups is 1. The van der Waals surface area contributed by atoms with Gasteiger partial charge in [0.15, 0.2) is 11.5 Å². The quantitative estimate of drug-likeness (QED) is 0.722. The first kappa shape index (κ1) is 18.3. The van der Waals surface area contributed by atoms with Gasteiger partial charge in [-0.1, -0.05) is 18.2 Å². The predicted molar refractivity (Wildman–Crippen MR) is 102 cm³/mol. The van der Waals surface area contributed by atoms with E-state index in [0.717, 1.165) is 11.3 Å². The Balaban J connectivity index is 1.96. The van der Waals surface area contributed by atoms with Crippen molar-refractivity contribution in [2.45, 2.75) is 6.92 Å². The highest BCUT2D eigenvalue weighted by Gasteiger charge is 2.19. The molecule has 1 heterocycles. The molecule has 1 aromatic heterocycles. The zero-order valence-corrected chi connectivity index (χ0v) is 15.6. The SMILES string of the molecule is COc1cc(C(=O)Nc2c(C)cnn2-c2ccccc2)cc(OC)c1OC. The lowest BCUT2D eigenvalue weighted by atomic mass is 10.1. The van der Waals surface area contributed by atoms with Crippen LogP contribution in [0.4, 0.5) is 5.82 Å². The van der Waals surface area contributed by atoms with E-state index in [2.05, 4.69) is 10.4 Å². The van der Waals surface area contributed by atoms with Crippen LogP contribution in [0, 0.1) is 6.92 Å². The lowest BCUT2D eigenvalue weighted by Crippen LogP contribution is -2.16. The molecule has 1 N–H and O–H groups in total. The zero-order chi connectivity index (χ0) is 19.4. The fourth-order valence-electron chi connectivity index (χ4n) is 2.74. The second kappa shape index (κ2) is 7.82. The fourth-order valence-corrected chi connectivity index (χ4v) is 2.74. The fraction of sp³-hybridized carbons (Fsp3) is 0.200. The first-order chi connectivity index (χ1) is 13.1. The van der Waals surface area contributed by atoms with Crippen molar-refractivity contribution in [3.8, 4) is 22.9 Å². The molecule has 27 heavy (non-hydrogen) atoms. The van der Waals surface area contributed by atoms with Crippen LogP contribution in [-0.4, -0.2) is 37.0 Å². The lowest BCUT2D eigenvalue weighted by Gasteiger charge is -2.15. The third kappa shape index (κ3) is 3.57. The van der Waals surface area contributed by atoms with Gasteiger partial charge in [0.25, 0.3) is 5.91 Å². The van der Waals surface area contributed by atoms with Gasteiger partial charge in [-0.25, -0.2) is 4.68 Å². The van der Waals surface area contributed by atoms with E-state index in [1.807, 2.05) is 37.3 Å². The average Bonchev–Trinajstić information content (AvgIpc) is 3.07. The minimum Gasteiger partial charge on any atom is -0.493 e. The van der Waals surface area contributed by atoms with E-state index in [1.165, 1.54) is 21.3 Å². The van der Waals surface area contributed by atoms with Gasteiger partial charge < -0.3 is 19.5 Å². The summed E-state index contributed by atoms with van der Waals surface area (Å²) < 4.78 is 17.6. The predicted octanol–water partition coefficient (Wildman–Crippen LogP) is 3.46. The summed E-state index contributed by atoms with van der Waals surface area (Å²) in [7, 11) is 4.53. The van der Waals surface area contributed by atoms with Gasteiger partial charge in [0.05, 0.1) is 33.2 Å². The van der Waals surface area contributed by atoms with Crippen molar-refractivity contribution in [3.05, 3.63) is 59.8 Å². The Morgan fingerprint density at radius 1 is 1.00 bits per heavy atom. The van der Waals surface area contributed by atoms with Crippen molar-refractivity contribution in [3.63, 3.8) is 0 Å². The Morgan fingerprint density at radius 2 is 1.63 bits per heavy atom. The number of anilines is 1. The summed E-state index contributed by atoms with van der Waals surface area (Å²) >= 11 is 0.